The van der Waals surface area contributed by atoms with Crippen molar-refractivity contribution in [3.05, 3.63) is 82.7 Å². The highest BCUT2D eigenvalue weighted by Gasteiger charge is 2.05. The summed E-state index contributed by atoms with van der Waals surface area (Å²) in [6.07, 6.45) is 1.56. The number of aryl methyl sites for hydroxylation is 2. The van der Waals surface area contributed by atoms with Gasteiger partial charge in [0.1, 0.15) is 12.4 Å². The van der Waals surface area contributed by atoms with Crippen LogP contribution in [-0.4, -0.2) is 27.8 Å². The third-order valence-corrected chi connectivity index (χ3v) is 4.96. The third-order valence-electron chi connectivity index (χ3n) is 4.11. The molecule has 0 bridgehead atoms. The first-order chi connectivity index (χ1) is 15.0. The van der Waals surface area contributed by atoms with Crippen molar-refractivity contribution in [1.29, 1.82) is 5.26 Å². The second-order valence-electron chi connectivity index (χ2n) is 6.64. The molecule has 1 amide bonds. The molecule has 31 heavy (non-hydrogen) atoms. The fraction of sp³-hybridized carbons (Fsp3) is 0.174. The lowest BCUT2D eigenvalue weighted by molar-refractivity contribution is -0.118. The molecule has 0 fully saturated rings. The van der Waals surface area contributed by atoms with Crippen molar-refractivity contribution in [2.24, 2.45) is 5.10 Å². The van der Waals surface area contributed by atoms with Crippen LogP contribution in [0.25, 0.3) is 0 Å². The van der Waals surface area contributed by atoms with Crippen LogP contribution in [0.3, 0.4) is 0 Å². The van der Waals surface area contributed by atoms with Gasteiger partial charge in [-0.25, -0.2) is 15.4 Å². The summed E-state index contributed by atoms with van der Waals surface area (Å²) in [4.78, 5) is 20.5. The molecule has 3 aromatic rings. The minimum absolute atomic E-state index is 0.178. The highest BCUT2D eigenvalue weighted by atomic mass is 32.2. The van der Waals surface area contributed by atoms with Gasteiger partial charge in [-0.2, -0.15) is 10.4 Å². The molecular formula is C23H21N5O2S. The smallest absolute Gasteiger partial charge is 0.250 e. The van der Waals surface area contributed by atoms with Crippen molar-refractivity contribution in [2.75, 3.05) is 5.75 Å². The van der Waals surface area contributed by atoms with Crippen LogP contribution in [0.1, 0.15) is 28.1 Å². The first-order valence-corrected chi connectivity index (χ1v) is 10.5. The van der Waals surface area contributed by atoms with Gasteiger partial charge in [-0.15, -0.1) is 0 Å². The van der Waals surface area contributed by atoms with Gasteiger partial charge >= 0.3 is 0 Å². The summed E-state index contributed by atoms with van der Waals surface area (Å²) in [7, 11) is 0. The van der Waals surface area contributed by atoms with E-state index in [0.717, 1.165) is 22.5 Å². The van der Waals surface area contributed by atoms with Crippen LogP contribution in [0.4, 0.5) is 0 Å². The van der Waals surface area contributed by atoms with Crippen LogP contribution in [0.15, 0.2) is 64.9 Å². The molecule has 0 aliphatic carbocycles. The summed E-state index contributed by atoms with van der Waals surface area (Å²) < 4.78 is 5.74. The van der Waals surface area contributed by atoms with Gasteiger partial charge < -0.3 is 4.74 Å². The average molecular weight is 432 g/mol. The van der Waals surface area contributed by atoms with E-state index in [1.165, 1.54) is 11.8 Å². The molecule has 0 atom stereocenters. The van der Waals surface area contributed by atoms with Crippen molar-refractivity contribution in [3.8, 4) is 11.8 Å². The number of hydrogen-bond donors (Lipinski definition) is 1. The third kappa shape index (κ3) is 6.94. The number of nitrogens with zero attached hydrogens (tertiary/aromatic N) is 4. The maximum atomic E-state index is 12.0. The van der Waals surface area contributed by atoms with Crippen LogP contribution in [0.5, 0.6) is 5.75 Å². The largest absolute Gasteiger partial charge is 0.489 e. The van der Waals surface area contributed by atoms with Crippen molar-refractivity contribution in [2.45, 2.75) is 25.6 Å². The molecule has 3 rings (SSSR count). The highest BCUT2D eigenvalue weighted by Crippen LogP contribution is 2.16. The van der Waals surface area contributed by atoms with Gasteiger partial charge in [0, 0.05) is 17.0 Å². The van der Waals surface area contributed by atoms with Gasteiger partial charge in [0.05, 0.1) is 23.6 Å². The van der Waals surface area contributed by atoms with Gasteiger partial charge in [0.15, 0.2) is 5.16 Å². The number of benzene rings is 2. The topological polar surface area (TPSA) is 100 Å². The number of amides is 1. The Morgan fingerprint density at radius 1 is 1.16 bits per heavy atom. The van der Waals surface area contributed by atoms with Gasteiger partial charge in [-0.05, 0) is 55.8 Å². The Morgan fingerprint density at radius 2 is 1.87 bits per heavy atom. The summed E-state index contributed by atoms with van der Waals surface area (Å²) in [6.45, 7) is 4.10. The second-order valence-corrected chi connectivity index (χ2v) is 7.58. The molecule has 8 heteroatoms. The van der Waals surface area contributed by atoms with Gasteiger partial charge in [-0.1, -0.05) is 30.0 Å². The van der Waals surface area contributed by atoms with E-state index in [1.807, 2.05) is 62.4 Å². The number of nitrogens with one attached hydrogen (secondary N) is 1. The maximum absolute atomic E-state index is 12.0. The molecule has 1 N–H and O–H groups in total. The molecule has 0 unspecified atom stereocenters. The monoisotopic (exact) mass is 431 g/mol. The molecule has 156 valence electrons. The number of ether oxygens (including phenoxy) is 1. The Bertz CT molecular complexity index is 1100. The van der Waals surface area contributed by atoms with E-state index in [-0.39, 0.29) is 11.7 Å². The number of rotatable bonds is 8. The molecule has 2 aromatic carbocycles. The Balaban J connectivity index is 1.45. The lowest BCUT2D eigenvalue weighted by Crippen LogP contribution is -2.19. The SMILES string of the molecule is Cc1cc(C)nc(SCC(=O)NN=Cc2ccc(OCc3ccccc3C#N)cc2)n1. The van der Waals surface area contributed by atoms with E-state index < -0.39 is 0 Å². The Kier molecular flexibility index (Phi) is 7.73. The zero-order valence-electron chi connectivity index (χ0n) is 17.2. The van der Waals surface area contributed by atoms with E-state index in [4.69, 9.17) is 10.00 Å². The second kappa shape index (κ2) is 10.9. The minimum Gasteiger partial charge on any atom is -0.489 e. The van der Waals surface area contributed by atoms with Crippen molar-refractivity contribution in [1.82, 2.24) is 15.4 Å². The molecule has 1 heterocycles. The standard InChI is InChI=1S/C23H21N5O2S/c1-16-11-17(2)27-23(26-16)31-15-22(29)28-25-13-18-7-9-21(10-8-18)30-14-20-6-4-3-5-19(20)12-24/h3-11,13H,14-15H2,1-2H3,(H,28,29). The van der Waals surface area contributed by atoms with Gasteiger partial charge in [0.2, 0.25) is 0 Å². The zero-order valence-corrected chi connectivity index (χ0v) is 18.0. The minimum atomic E-state index is -0.236. The van der Waals surface area contributed by atoms with Crippen molar-refractivity contribution < 1.29 is 9.53 Å². The van der Waals surface area contributed by atoms with Gasteiger partial charge in [-0.3, -0.25) is 4.79 Å². The molecule has 0 saturated heterocycles. The van der Waals surface area contributed by atoms with Gasteiger partial charge in [0.25, 0.3) is 5.91 Å². The molecular weight excluding hydrogens is 410 g/mol. The van der Waals surface area contributed by atoms with E-state index in [2.05, 4.69) is 26.6 Å². The summed E-state index contributed by atoms with van der Waals surface area (Å²) in [5.74, 6) is 0.621. The number of hydrogen-bond acceptors (Lipinski definition) is 7. The number of nitriles is 1. The fourth-order valence-corrected chi connectivity index (χ4v) is 3.41. The number of thioether (sulfide) groups is 1. The summed E-state index contributed by atoms with van der Waals surface area (Å²) in [5.41, 5.74) is 6.49. The Hall–Kier alpha value is -3.70. The van der Waals surface area contributed by atoms with Crippen LogP contribution >= 0.6 is 11.8 Å². The molecule has 0 radical (unpaired) electrons. The fourth-order valence-electron chi connectivity index (χ4n) is 2.67. The first-order valence-electron chi connectivity index (χ1n) is 9.51. The van der Waals surface area contributed by atoms with Crippen molar-refractivity contribution >= 4 is 23.9 Å². The number of hydrazone groups is 1. The van der Waals surface area contributed by atoms with Crippen LogP contribution in [0.2, 0.25) is 0 Å². The summed E-state index contributed by atoms with van der Waals surface area (Å²) in [6, 6.07) is 18.7. The van der Waals surface area contributed by atoms with Crippen LogP contribution < -0.4 is 10.2 Å². The molecule has 0 aliphatic heterocycles. The number of carbonyl (C=O) groups excluding carboxylic acids is 1. The van der Waals surface area contributed by atoms with E-state index in [1.54, 1.807) is 12.3 Å². The van der Waals surface area contributed by atoms with Crippen LogP contribution in [-0.2, 0) is 11.4 Å². The average Bonchev–Trinajstić information content (AvgIpc) is 2.77. The van der Waals surface area contributed by atoms with E-state index in [0.29, 0.717) is 23.1 Å². The normalized spacial score (nSPS) is 10.6. The van der Waals surface area contributed by atoms with Crippen molar-refractivity contribution in [3.63, 3.8) is 0 Å². The lowest BCUT2D eigenvalue weighted by atomic mass is 10.1. The zero-order chi connectivity index (χ0) is 22.1. The lowest BCUT2D eigenvalue weighted by Gasteiger charge is -2.07. The van der Waals surface area contributed by atoms with E-state index >= 15 is 0 Å². The Labute approximate surface area is 185 Å². The van der Waals surface area contributed by atoms with E-state index in [9.17, 15) is 4.79 Å². The number of aromatic nitrogens is 2. The first kappa shape index (κ1) is 22.0. The predicted octanol–water partition coefficient (Wildman–Crippen LogP) is 3.79. The Morgan fingerprint density at radius 3 is 2.58 bits per heavy atom. The quantitative estimate of drug-likeness (QED) is 0.252. The highest BCUT2D eigenvalue weighted by molar-refractivity contribution is 7.99. The molecule has 1 aromatic heterocycles. The summed E-state index contributed by atoms with van der Waals surface area (Å²) in [5, 5.41) is 13.7. The summed E-state index contributed by atoms with van der Waals surface area (Å²) >= 11 is 1.27. The van der Waals surface area contributed by atoms with Crippen LogP contribution in [0, 0.1) is 25.2 Å². The predicted molar refractivity (Wildman–Crippen MR) is 120 cm³/mol. The molecule has 0 aliphatic rings. The molecule has 0 spiro atoms. The molecule has 0 saturated carbocycles. The maximum Gasteiger partial charge on any atom is 0.250 e. The number of carbonyl (C=O) groups is 1. The molecule has 7 nitrogen and oxygen atoms in total.